The number of nitrogens with zero attached hydrogens (tertiary/aromatic N) is 3. The van der Waals surface area contributed by atoms with Gasteiger partial charge < -0.3 is 0 Å². The van der Waals surface area contributed by atoms with Crippen molar-refractivity contribution < 1.29 is 12.8 Å². The summed E-state index contributed by atoms with van der Waals surface area (Å²) < 4.78 is 40.7. The Hall–Kier alpha value is -2.69. The minimum Gasteiger partial charge on any atom is -0.233 e. The Morgan fingerprint density at radius 1 is 1.28 bits per heavy atom. The molecule has 0 N–H and O–H groups in total. The van der Waals surface area contributed by atoms with Crippen molar-refractivity contribution in [2.45, 2.75) is 25.2 Å². The summed E-state index contributed by atoms with van der Waals surface area (Å²) in [7, 11) is -3.27. The Balaban J connectivity index is 1.81. The fourth-order valence-electron chi connectivity index (χ4n) is 4.31. The molecule has 0 spiro atoms. The fraction of sp³-hybridized carbons (Fsp3) is 0.318. The summed E-state index contributed by atoms with van der Waals surface area (Å²) in [5, 5.41) is 5.41. The van der Waals surface area contributed by atoms with Crippen LogP contribution in [0.2, 0.25) is 0 Å². The van der Waals surface area contributed by atoms with Crippen molar-refractivity contribution in [1.29, 1.82) is 0 Å². The van der Waals surface area contributed by atoms with Gasteiger partial charge >= 0.3 is 0 Å². The van der Waals surface area contributed by atoms with Crippen LogP contribution in [-0.2, 0) is 15.4 Å². The van der Waals surface area contributed by atoms with Crippen LogP contribution < -0.4 is 0 Å². The summed E-state index contributed by atoms with van der Waals surface area (Å²) in [6.07, 6.45) is 9.84. The SMILES string of the molecule is C#CCC1(c2cc3cnn(-c4ccc(F)cc4)c3cc2C)CCN(S(C)(=O)=O)C1. The Morgan fingerprint density at radius 3 is 2.62 bits per heavy atom. The Morgan fingerprint density at radius 2 is 2.00 bits per heavy atom. The largest absolute Gasteiger partial charge is 0.233 e. The molecule has 0 radical (unpaired) electrons. The average Bonchev–Trinajstić information content (AvgIpc) is 3.27. The number of hydrogen-bond acceptors (Lipinski definition) is 3. The molecule has 0 saturated carbocycles. The lowest BCUT2D eigenvalue weighted by atomic mass is 9.75. The molecule has 150 valence electrons. The maximum Gasteiger partial charge on any atom is 0.211 e. The molecule has 0 bridgehead atoms. The molecule has 1 aliphatic heterocycles. The predicted molar refractivity (Wildman–Crippen MR) is 112 cm³/mol. The van der Waals surface area contributed by atoms with E-state index in [1.54, 1.807) is 23.0 Å². The summed E-state index contributed by atoms with van der Waals surface area (Å²) in [5.41, 5.74) is 3.37. The molecule has 1 aliphatic rings. The first kappa shape index (κ1) is 19.6. The van der Waals surface area contributed by atoms with Crippen LogP contribution in [0.5, 0.6) is 0 Å². The van der Waals surface area contributed by atoms with E-state index in [2.05, 4.69) is 17.1 Å². The molecule has 1 aromatic heterocycles. The van der Waals surface area contributed by atoms with Gasteiger partial charge in [-0.25, -0.2) is 21.8 Å². The highest BCUT2D eigenvalue weighted by molar-refractivity contribution is 7.88. The number of benzene rings is 2. The monoisotopic (exact) mass is 411 g/mol. The first-order valence-corrected chi connectivity index (χ1v) is 11.2. The van der Waals surface area contributed by atoms with E-state index >= 15 is 0 Å². The number of halogens is 1. The zero-order chi connectivity index (χ0) is 20.8. The minimum atomic E-state index is -3.27. The van der Waals surface area contributed by atoms with Crippen molar-refractivity contribution in [3.05, 3.63) is 59.5 Å². The lowest BCUT2D eigenvalue weighted by Gasteiger charge is -2.29. The third kappa shape index (κ3) is 3.43. The highest BCUT2D eigenvalue weighted by Gasteiger charge is 2.43. The number of aryl methyl sites for hydroxylation is 1. The quantitative estimate of drug-likeness (QED) is 0.619. The Kier molecular flexibility index (Phi) is 4.72. The molecule has 0 aliphatic carbocycles. The molecular weight excluding hydrogens is 389 g/mol. The summed E-state index contributed by atoms with van der Waals surface area (Å²) in [6, 6.07) is 10.3. The lowest BCUT2D eigenvalue weighted by Crippen LogP contribution is -2.34. The molecule has 1 saturated heterocycles. The standard InChI is InChI=1S/C22H22FN3O2S/c1-4-9-22(10-11-25(15-22)29(3,27)28)20-13-17-14-24-26(21(17)12-16(20)2)19-7-5-18(23)6-8-19/h1,5-8,12-14H,9-11,15H2,2-3H3. The summed E-state index contributed by atoms with van der Waals surface area (Å²) in [5.74, 6) is 2.46. The fourth-order valence-corrected chi connectivity index (χ4v) is 5.21. The van der Waals surface area contributed by atoms with E-state index in [1.165, 1.54) is 22.7 Å². The zero-order valence-electron chi connectivity index (χ0n) is 16.4. The van der Waals surface area contributed by atoms with E-state index in [0.29, 0.717) is 25.9 Å². The number of aromatic nitrogens is 2. The zero-order valence-corrected chi connectivity index (χ0v) is 17.2. The third-order valence-electron chi connectivity index (χ3n) is 5.78. The molecule has 1 unspecified atom stereocenters. The second-order valence-electron chi connectivity index (χ2n) is 7.77. The van der Waals surface area contributed by atoms with Gasteiger partial charge in [-0.05, 0) is 60.9 Å². The Labute approximate surface area is 170 Å². The van der Waals surface area contributed by atoms with Crippen molar-refractivity contribution in [1.82, 2.24) is 14.1 Å². The van der Waals surface area contributed by atoms with Crippen molar-refractivity contribution in [3.63, 3.8) is 0 Å². The Bertz CT molecular complexity index is 1230. The van der Waals surface area contributed by atoms with Crippen LogP contribution in [0.3, 0.4) is 0 Å². The highest BCUT2D eigenvalue weighted by Crippen LogP contribution is 2.41. The van der Waals surface area contributed by atoms with Gasteiger partial charge in [0.05, 0.1) is 23.7 Å². The summed E-state index contributed by atoms with van der Waals surface area (Å²) in [6.45, 7) is 2.86. The van der Waals surface area contributed by atoms with Crippen molar-refractivity contribution in [2.24, 2.45) is 0 Å². The molecule has 1 atom stereocenters. The second-order valence-corrected chi connectivity index (χ2v) is 9.75. The van der Waals surface area contributed by atoms with Crippen LogP contribution in [0.4, 0.5) is 4.39 Å². The predicted octanol–water partition coefficient (Wildman–Crippen LogP) is 3.40. The molecule has 1 fully saturated rings. The van der Waals surface area contributed by atoms with Crippen LogP contribution in [-0.4, -0.2) is 41.8 Å². The third-order valence-corrected chi connectivity index (χ3v) is 7.03. The van der Waals surface area contributed by atoms with Gasteiger partial charge in [-0.3, -0.25) is 0 Å². The van der Waals surface area contributed by atoms with Crippen molar-refractivity contribution >= 4 is 20.9 Å². The van der Waals surface area contributed by atoms with Crippen molar-refractivity contribution in [2.75, 3.05) is 19.3 Å². The molecule has 4 rings (SSSR count). The second kappa shape index (κ2) is 6.97. The maximum atomic E-state index is 13.3. The van der Waals surface area contributed by atoms with Crippen molar-refractivity contribution in [3.8, 4) is 18.0 Å². The van der Waals surface area contributed by atoms with Crippen LogP contribution in [0.25, 0.3) is 16.6 Å². The van der Waals surface area contributed by atoms with Gasteiger partial charge in [0.15, 0.2) is 0 Å². The van der Waals surface area contributed by atoms with E-state index in [-0.39, 0.29) is 5.82 Å². The number of hydrogen-bond donors (Lipinski definition) is 0. The van der Waals surface area contributed by atoms with Crippen LogP contribution >= 0.6 is 0 Å². The minimum absolute atomic E-state index is 0.295. The van der Waals surface area contributed by atoms with Crippen LogP contribution in [0.1, 0.15) is 24.0 Å². The number of fused-ring (bicyclic) bond motifs is 1. The average molecular weight is 412 g/mol. The summed E-state index contributed by atoms with van der Waals surface area (Å²) in [4.78, 5) is 0. The van der Waals surface area contributed by atoms with Gasteiger partial charge in [0.1, 0.15) is 5.82 Å². The normalized spacial score (nSPS) is 20.2. The van der Waals surface area contributed by atoms with E-state index in [9.17, 15) is 12.8 Å². The molecular formula is C22H22FN3O2S. The van der Waals surface area contributed by atoms with Gasteiger partial charge in [-0.2, -0.15) is 5.10 Å². The first-order valence-electron chi connectivity index (χ1n) is 9.37. The van der Waals surface area contributed by atoms with Gasteiger partial charge in [0, 0.05) is 30.3 Å². The first-order chi connectivity index (χ1) is 13.7. The van der Waals surface area contributed by atoms with E-state index in [1.807, 2.05) is 13.0 Å². The molecule has 7 heteroatoms. The molecule has 29 heavy (non-hydrogen) atoms. The van der Waals surface area contributed by atoms with Crippen LogP contribution in [0.15, 0.2) is 42.6 Å². The molecule has 2 heterocycles. The van der Waals surface area contributed by atoms with Gasteiger partial charge in [0.25, 0.3) is 0 Å². The molecule has 0 amide bonds. The van der Waals surface area contributed by atoms with E-state index in [0.717, 1.165) is 27.7 Å². The van der Waals surface area contributed by atoms with Crippen LogP contribution in [0, 0.1) is 25.1 Å². The van der Waals surface area contributed by atoms with Gasteiger partial charge in [-0.1, -0.05) is 0 Å². The molecule has 2 aromatic carbocycles. The molecule has 5 nitrogen and oxygen atoms in total. The topological polar surface area (TPSA) is 55.2 Å². The smallest absolute Gasteiger partial charge is 0.211 e. The number of terminal acetylenes is 1. The highest BCUT2D eigenvalue weighted by atomic mass is 32.2. The molecule has 3 aromatic rings. The maximum absolute atomic E-state index is 13.3. The van der Waals surface area contributed by atoms with E-state index < -0.39 is 15.4 Å². The summed E-state index contributed by atoms with van der Waals surface area (Å²) >= 11 is 0. The van der Waals surface area contributed by atoms with Gasteiger partial charge in [-0.15, -0.1) is 12.3 Å². The number of rotatable bonds is 4. The van der Waals surface area contributed by atoms with E-state index in [4.69, 9.17) is 6.42 Å². The number of sulfonamides is 1. The van der Waals surface area contributed by atoms with Gasteiger partial charge in [0.2, 0.25) is 10.0 Å². The lowest BCUT2D eigenvalue weighted by molar-refractivity contribution is 0.425.